The molecule has 2 heterocycles. The highest BCUT2D eigenvalue weighted by Crippen LogP contribution is 2.33. The van der Waals surface area contributed by atoms with Crippen LogP contribution >= 0.6 is 11.3 Å². The fourth-order valence-electron chi connectivity index (χ4n) is 2.93. The monoisotopic (exact) mass is 365 g/mol. The normalized spacial score (nSPS) is 20.4. The fourth-order valence-corrected chi connectivity index (χ4v) is 5.94. The van der Waals surface area contributed by atoms with Gasteiger partial charge >= 0.3 is 0 Å². The Bertz CT molecular complexity index is 815. The van der Waals surface area contributed by atoms with Crippen molar-refractivity contribution in [3.8, 4) is 5.75 Å². The molecule has 128 valence electrons. The third-order valence-corrected chi connectivity index (χ3v) is 7.47. The van der Waals surface area contributed by atoms with Crippen LogP contribution in [0, 0.1) is 0 Å². The standard InChI is InChI=1S/C17H19NO4S2/c1-22-14-6-3-2-5-13(14)17(19)18-9-8-16(15-7-4-11-23-15)24(20,21)12-10-18/h2-7,11,16H,8-10,12H2,1H3. The van der Waals surface area contributed by atoms with Crippen LogP contribution in [0.25, 0.3) is 0 Å². The molecule has 1 fully saturated rings. The summed E-state index contributed by atoms with van der Waals surface area (Å²) in [5, 5.41) is 1.36. The molecule has 1 atom stereocenters. The average molecular weight is 365 g/mol. The van der Waals surface area contributed by atoms with Gasteiger partial charge in [0.2, 0.25) is 0 Å². The van der Waals surface area contributed by atoms with E-state index in [1.54, 1.807) is 29.2 Å². The molecule has 3 rings (SSSR count). The zero-order valence-electron chi connectivity index (χ0n) is 13.3. The molecule has 0 aliphatic carbocycles. The molecule has 5 nitrogen and oxygen atoms in total. The molecular formula is C17H19NO4S2. The second-order valence-corrected chi connectivity index (χ2v) is 8.93. The van der Waals surface area contributed by atoms with E-state index in [1.165, 1.54) is 18.4 Å². The van der Waals surface area contributed by atoms with Crippen LogP contribution in [-0.2, 0) is 9.84 Å². The van der Waals surface area contributed by atoms with Crippen LogP contribution in [0.15, 0.2) is 41.8 Å². The van der Waals surface area contributed by atoms with E-state index in [1.807, 2.05) is 17.5 Å². The summed E-state index contributed by atoms with van der Waals surface area (Å²) in [6.45, 7) is 0.625. The van der Waals surface area contributed by atoms with E-state index in [9.17, 15) is 13.2 Å². The predicted octanol–water partition coefficient (Wildman–Crippen LogP) is 2.76. The molecule has 1 aliphatic rings. The van der Waals surface area contributed by atoms with E-state index < -0.39 is 15.1 Å². The van der Waals surface area contributed by atoms with Crippen molar-refractivity contribution >= 4 is 27.1 Å². The first kappa shape index (κ1) is 17.0. The lowest BCUT2D eigenvalue weighted by Gasteiger charge is -2.21. The van der Waals surface area contributed by atoms with Gasteiger partial charge in [-0.25, -0.2) is 8.42 Å². The van der Waals surface area contributed by atoms with Crippen LogP contribution in [0.2, 0.25) is 0 Å². The first-order valence-electron chi connectivity index (χ1n) is 7.70. The van der Waals surface area contributed by atoms with Crippen LogP contribution in [0.1, 0.15) is 26.9 Å². The van der Waals surface area contributed by atoms with E-state index in [2.05, 4.69) is 0 Å². The van der Waals surface area contributed by atoms with Gasteiger partial charge in [0, 0.05) is 18.0 Å². The van der Waals surface area contributed by atoms with Gasteiger partial charge < -0.3 is 9.64 Å². The quantitative estimate of drug-likeness (QED) is 0.839. The van der Waals surface area contributed by atoms with Crippen molar-refractivity contribution in [3.05, 3.63) is 52.2 Å². The van der Waals surface area contributed by atoms with Crippen molar-refractivity contribution < 1.29 is 17.9 Å². The maximum atomic E-state index is 12.8. The van der Waals surface area contributed by atoms with Crippen LogP contribution in [0.4, 0.5) is 0 Å². The van der Waals surface area contributed by atoms with E-state index in [0.717, 1.165) is 4.88 Å². The van der Waals surface area contributed by atoms with Gasteiger partial charge in [0.15, 0.2) is 9.84 Å². The van der Waals surface area contributed by atoms with E-state index >= 15 is 0 Å². The molecule has 7 heteroatoms. The van der Waals surface area contributed by atoms with E-state index in [0.29, 0.717) is 24.3 Å². The summed E-state index contributed by atoms with van der Waals surface area (Å²) in [4.78, 5) is 15.3. The Hall–Kier alpha value is -1.86. The first-order chi connectivity index (χ1) is 11.5. The Morgan fingerprint density at radius 1 is 1.21 bits per heavy atom. The number of benzene rings is 1. The van der Waals surface area contributed by atoms with Crippen LogP contribution in [0.5, 0.6) is 5.75 Å². The minimum atomic E-state index is -3.26. The molecule has 1 aromatic carbocycles. The first-order valence-corrected chi connectivity index (χ1v) is 10.3. The summed E-state index contributed by atoms with van der Waals surface area (Å²) in [7, 11) is -1.74. The number of hydrogen-bond acceptors (Lipinski definition) is 5. The SMILES string of the molecule is COc1ccccc1C(=O)N1CCC(c2cccs2)S(=O)(=O)CC1. The van der Waals surface area contributed by atoms with Gasteiger partial charge in [0.1, 0.15) is 5.75 Å². The summed E-state index contributed by atoms with van der Waals surface area (Å²) in [5.41, 5.74) is 0.465. The molecule has 1 amide bonds. The molecule has 0 saturated carbocycles. The number of methoxy groups -OCH3 is 1. The molecular weight excluding hydrogens is 346 g/mol. The maximum Gasteiger partial charge on any atom is 0.257 e. The topological polar surface area (TPSA) is 63.7 Å². The minimum Gasteiger partial charge on any atom is -0.496 e. The number of thiophene rings is 1. The second kappa shape index (κ2) is 6.94. The zero-order valence-corrected chi connectivity index (χ0v) is 15.0. The molecule has 1 aromatic heterocycles. The molecule has 0 spiro atoms. The van der Waals surface area contributed by atoms with Crippen LogP contribution in [-0.4, -0.2) is 45.2 Å². The summed E-state index contributed by atoms with van der Waals surface area (Å²) >= 11 is 1.45. The van der Waals surface area contributed by atoms with Crippen LogP contribution in [0.3, 0.4) is 0 Å². The average Bonchev–Trinajstić information content (AvgIpc) is 3.05. The third kappa shape index (κ3) is 3.32. The number of para-hydroxylation sites is 1. The van der Waals surface area contributed by atoms with Gasteiger partial charge in [-0.05, 0) is 30.0 Å². The Morgan fingerprint density at radius 2 is 2.00 bits per heavy atom. The smallest absolute Gasteiger partial charge is 0.257 e. The molecule has 24 heavy (non-hydrogen) atoms. The number of nitrogens with zero attached hydrogens (tertiary/aromatic N) is 1. The molecule has 1 unspecified atom stereocenters. The number of ether oxygens (including phenoxy) is 1. The lowest BCUT2D eigenvalue weighted by atomic mass is 10.1. The number of hydrogen-bond donors (Lipinski definition) is 0. The molecule has 0 N–H and O–H groups in total. The van der Waals surface area contributed by atoms with Gasteiger partial charge in [-0.3, -0.25) is 4.79 Å². The second-order valence-electron chi connectivity index (χ2n) is 5.65. The Balaban J connectivity index is 1.83. The van der Waals surface area contributed by atoms with Crippen molar-refractivity contribution in [1.29, 1.82) is 0 Å². The summed E-state index contributed by atoms with van der Waals surface area (Å²) in [5.74, 6) is 0.301. The minimum absolute atomic E-state index is 0.0174. The van der Waals surface area contributed by atoms with Crippen LogP contribution < -0.4 is 4.74 Å². The largest absolute Gasteiger partial charge is 0.496 e. The zero-order chi connectivity index (χ0) is 17.2. The Morgan fingerprint density at radius 3 is 2.71 bits per heavy atom. The third-order valence-electron chi connectivity index (χ3n) is 4.23. The highest BCUT2D eigenvalue weighted by Gasteiger charge is 2.33. The van der Waals surface area contributed by atoms with Gasteiger partial charge in [-0.15, -0.1) is 11.3 Å². The Kier molecular flexibility index (Phi) is 4.91. The van der Waals surface area contributed by atoms with Gasteiger partial charge in [0.05, 0.1) is 23.7 Å². The van der Waals surface area contributed by atoms with Crippen molar-refractivity contribution in [3.63, 3.8) is 0 Å². The molecule has 1 aliphatic heterocycles. The molecule has 2 aromatic rings. The maximum absolute atomic E-state index is 12.8. The lowest BCUT2D eigenvalue weighted by Crippen LogP contribution is -2.33. The number of carbonyl (C=O) groups is 1. The van der Waals surface area contributed by atoms with Gasteiger partial charge in [-0.1, -0.05) is 18.2 Å². The summed E-state index contributed by atoms with van der Waals surface area (Å²) in [6, 6.07) is 10.7. The van der Waals surface area contributed by atoms with Gasteiger partial charge in [-0.2, -0.15) is 0 Å². The molecule has 0 radical (unpaired) electrons. The van der Waals surface area contributed by atoms with Crippen molar-refractivity contribution in [1.82, 2.24) is 4.90 Å². The molecule has 1 saturated heterocycles. The number of carbonyl (C=O) groups excluding carboxylic acids is 1. The predicted molar refractivity (Wildman–Crippen MR) is 94.4 cm³/mol. The number of amides is 1. The molecule has 0 bridgehead atoms. The Labute approximate surface area is 145 Å². The van der Waals surface area contributed by atoms with Crippen molar-refractivity contribution in [2.45, 2.75) is 11.7 Å². The van der Waals surface area contributed by atoms with Crippen molar-refractivity contribution in [2.24, 2.45) is 0 Å². The fraction of sp³-hybridized carbons (Fsp3) is 0.353. The van der Waals surface area contributed by atoms with E-state index in [4.69, 9.17) is 4.74 Å². The van der Waals surface area contributed by atoms with Gasteiger partial charge in [0.25, 0.3) is 5.91 Å². The highest BCUT2D eigenvalue weighted by atomic mass is 32.2. The summed E-state index contributed by atoms with van der Waals surface area (Å²) in [6.07, 6.45) is 0.420. The number of sulfone groups is 1. The highest BCUT2D eigenvalue weighted by molar-refractivity contribution is 7.91. The number of rotatable bonds is 3. The van der Waals surface area contributed by atoms with E-state index in [-0.39, 0.29) is 18.2 Å². The lowest BCUT2D eigenvalue weighted by molar-refractivity contribution is 0.0763. The van der Waals surface area contributed by atoms with Crippen molar-refractivity contribution in [2.75, 3.05) is 26.0 Å². The summed E-state index contributed by atoms with van der Waals surface area (Å²) < 4.78 is 30.4.